The molecule has 2 aromatic rings. The first-order chi connectivity index (χ1) is 11.0. The molecule has 0 unspecified atom stereocenters. The molecular weight excluding hydrogens is 284 g/mol. The van der Waals surface area contributed by atoms with E-state index in [-0.39, 0.29) is 5.60 Å². The minimum absolute atomic E-state index is 0.0967. The summed E-state index contributed by atoms with van der Waals surface area (Å²) < 4.78 is 12.2. The summed E-state index contributed by atoms with van der Waals surface area (Å²) >= 11 is 0. The maximum atomic E-state index is 6.17. The first-order valence-electron chi connectivity index (χ1n) is 8.52. The maximum Gasteiger partial charge on any atom is 0.127 e. The average Bonchev–Trinajstić information content (AvgIpc) is 3.03. The minimum Gasteiger partial charge on any atom is -0.493 e. The van der Waals surface area contributed by atoms with Crippen molar-refractivity contribution in [3.8, 4) is 11.5 Å². The van der Waals surface area contributed by atoms with Crippen molar-refractivity contribution in [1.82, 2.24) is 0 Å². The molecule has 4 rings (SSSR count). The summed E-state index contributed by atoms with van der Waals surface area (Å²) in [5.41, 5.74) is 5.38. The Morgan fingerprint density at radius 1 is 1.09 bits per heavy atom. The van der Waals surface area contributed by atoms with Crippen molar-refractivity contribution < 1.29 is 9.47 Å². The Morgan fingerprint density at radius 3 is 2.48 bits per heavy atom. The third-order valence-corrected chi connectivity index (χ3v) is 4.97. The second kappa shape index (κ2) is 5.30. The number of hydrogen-bond donors (Lipinski definition) is 0. The van der Waals surface area contributed by atoms with Crippen molar-refractivity contribution in [3.05, 3.63) is 58.7 Å². The quantitative estimate of drug-likeness (QED) is 0.831. The van der Waals surface area contributed by atoms with Crippen LogP contribution in [0.1, 0.15) is 36.1 Å². The van der Waals surface area contributed by atoms with Gasteiger partial charge in [-0.05, 0) is 61.9 Å². The summed E-state index contributed by atoms with van der Waals surface area (Å²) in [4.78, 5) is 0. The van der Waals surface area contributed by atoms with Crippen LogP contribution in [0.15, 0.2) is 36.4 Å². The monoisotopic (exact) mass is 308 g/mol. The van der Waals surface area contributed by atoms with Crippen molar-refractivity contribution in [1.29, 1.82) is 0 Å². The fourth-order valence-electron chi connectivity index (χ4n) is 3.89. The van der Waals surface area contributed by atoms with E-state index in [0.717, 1.165) is 37.4 Å². The van der Waals surface area contributed by atoms with E-state index >= 15 is 0 Å². The zero-order valence-corrected chi connectivity index (χ0v) is 14.2. The van der Waals surface area contributed by atoms with Crippen LogP contribution in [0, 0.1) is 12.8 Å². The van der Waals surface area contributed by atoms with Gasteiger partial charge in [-0.25, -0.2) is 0 Å². The van der Waals surface area contributed by atoms with Gasteiger partial charge in [0, 0.05) is 18.4 Å². The topological polar surface area (TPSA) is 18.5 Å². The van der Waals surface area contributed by atoms with Crippen LogP contribution >= 0.6 is 0 Å². The van der Waals surface area contributed by atoms with Crippen LogP contribution in [0.2, 0.25) is 0 Å². The van der Waals surface area contributed by atoms with E-state index in [2.05, 4.69) is 57.2 Å². The molecule has 2 heteroatoms. The Balaban J connectivity index is 1.45. The summed E-state index contributed by atoms with van der Waals surface area (Å²) in [7, 11) is 0. The smallest absolute Gasteiger partial charge is 0.127 e. The average molecular weight is 308 g/mol. The molecule has 0 amide bonds. The normalized spacial score (nSPS) is 18.4. The van der Waals surface area contributed by atoms with Crippen molar-refractivity contribution >= 4 is 0 Å². The van der Waals surface area contributed by atoms with E-state index in [9.17, 15) is 0 Å². The summed E-state index contributed by atoms with van der Waals surface area (Å²) in [5.74, 6) is 2.54. The molecule has 0 aromatic heterocycles. The molecule has 120 valence electrons. The lowest BCUT2D eigenvalue weighted by molar-refractivity contribution is 0.138. The number of fused-ring (bicyclic) bond motifs is 2. The van der Waals surface area contributed by atoms with Crippen LogP contribution in [-0.2, 0) is 19.3 Å². The highest BCUT2D eigenvalue weighted by Gasteiger charge is 2.31. The van der Waals surface area contributed by atoms with Gasteiger partial charge in [0.2, 0.25) is 0 Å². The standard InChI is InChI=1S/C21H24O2/c1-14-8-18-12-21(2,3)23-20(18)11-19(14)22-13-15-9-16-6-4-5-7-17(16)10-15/h4-8,11,15H,9-10,12-13H2,1-3H3. The zero-order chi connectivity index (χ0) is 16.0. The van der Waals surface area contributed by atoms with E-state index in [1.54, 1.807) is 0 Å². The maximum absolute atomic E-state index is 6.17. The molecule has 0 N–H and O–H groups in total. The lowest BCUT2D eigenvalue weighted by Gasteiger charge is -2.17. The van der Waals surface area contributed by atoms with Gasteiger partial charge in [-0.3, -0.25) is 0 Å². The first kappa shape index (κ1) is 14.6. The molecule has 0 spiro atoms. The molecule has 0 bridgehead atoms. The Morgan fingerprint density at radius 2 is 1.78 bits per heavy atom. The fourth-order valence-corrected chi connectivity index (χ4v) is 3.89. The third-order valence-electron chi connectivity index (χ3n) is 4.97. The van der Waals surface area contributed by atoms with Crippen LogP contribution in [0.25, 0.3) is 0 Å². The number of ether oxygens (including phenoxy) is 2. The van der Waals surface area contributed by atoms with Gasteiger partial charge < -0.3 is 9.47 Å². The summed E-state index contributed by atoms with van der Waals surface area (Å²) in [5, 5.41) is 0. The van der Waals surface area contributed by atoms with Crippen LogP contribution in [0.5, 0.6) is 11.5 Å². The Kier molecular flexibility index (Phi) is 3.37. The summed E-state index contributed by atoms with van der Waals surface area (Å²) in [6.45, 7) is 7.18. The molecule has 1 aliphatic heterocycles. The third kappa shape index (κ3) is 2.83. The van der Waals surface area contributed by atoms with E-state index in [1.807, 2.05) is 0 Å². The van der Waals surface area contributed by atoms with Gasteiger partial charge in [-0.15, -0.1) is 0 Å². The molecule has 0 radical (unpaired) electrons. The lowest BCUT2D eigenvalue weighted by atomic mass is 10.00. The molecule has 0 atom stereocenters. The SMILES string of the molecule is Cc1cc2c(cc1OCC1Cc3ccccc3C1)OC(C)(C)C2. The minimum atomic E-state index is -0.0967. The second-order valence-corrected chi connectivity index (χ2v) is 7.62. The molecule has 23 heavy (non-hydrogen) atoms. The van der Waals surface area contributed by atoms with Gasteiger partial charge in [0.1, 0.15) is 17.1 Å². The van der Waals surface area contributed by atoms with Gasteiger partial charge in [-0.2, -0.15) is 0 Å². The van der Waals surface area contributed by atoms with E-state index in [1.165, 1.54) is 22.3 Å². The van der Waals surface area contributed by atoms with Crippen molar-refractivity contribution in [2.24, 2.45) is 5.92 Å². The van der Waals surface area contributed by atoms with Crippen molar-refractivity contribution in [3.63, 3.8) is 0 Å². The van der Waals surface area contributed by atoms with E-state index in [0.29, 0.717) is 5.92 Å². The highest BCUT2D eigenvalue weighted by molar-refractivity contribution is 5.49. The van der Waals surface area contributed by atoms with Gasteiger partial charge in [0.05, 0.1) is 6.61 Å². The predicted molar refractivity (Wildman–Crippen MR) is 92.4 cm³/mol. The molecule has 2 nitrogen and oxygen atoms in total. The predicted octanol–water partition coefficient (Wildman–Crippen LogP) is 4.50. The first-order valence-corrected chi connectivity index (χ1v) is 8.52. The number of rotatable bonds is 3. The van der Waals surface area contributed by atoms with Gasteiger partial charge in [0.15, 0.2) is 0 Å². The highest BCUT2D eigenvalue weighted by atomic mass is 16.5. The van der Waals surface area contributed by atoms with Crippen molar-refractivity contribution in [2.45, 2.75) is 45.6 Å². The molecule has 1 aliphatic carbocycles. The lowest BCUT2D eigenvalue weighted by Crippen LogP contribution is -2.24. The Hall–Kier alpha value is -1.96. The van der Waals surface area contributed by atoms with Crippen LogP contribution < -0.4 is 9.47 Å². The summed E-state index contributed by atoms with van der Waals surface area (Å²) in [6, 6.07) is 13.1. The molecule has 1 heterocycles. The molecule has 2 aromatic carbocycles. The second-order valence-electron chi connectivity index (χ2n) is 7.62. The fraction of sp³-hybridized carbons (Fsp3) is 0.429. The Labute approximate surface area is 138 Å². The van der Waals surface area contributed by atoms with Gasteiger partial charge >= 0.3 is 0 Å². The van der Waals surface area contributed by atoms with E-state index in [4.69, 9.17) is 9.47 Å². The van der Waals surface area contributed by atoms with Crippen molar-refractivity contribution in [2.75, 3.05) is 6.61 Å². The zero-order valence-electron chi connectivity index (χ0n) is 14.2. The van der Waals surface area contributed by atoms with Gasteiger partial charge in [-0.1, -0.05) is 24.3 Å². The molecular formula is C21H24O2. The molecule has 0 saturated carbocycles. The Bertz CT molecular complexity index is 721. The molecule has 2 aliphatic rings. The summed E-state index contributed by atoms with van der Waals surface area (Å²) in [6.07, 6.45) is 3.23. The van der Waals surface area contributed by atoms with Crippen LogP contribution in [-0.4, -0.2) is 12.2 Å². The number of hydrogen-bond acceptors (Lipinski definition) is 2. The van der Waals surface area contributed by atoms with E-state index < -0.39 is 0 Å². The van der Waals surface area contributed by atoms with Crippen LogP contribution in [0.4, 0.5) is 0 Å². The molecule has 0 saturated heterocycles. The molecule has 0 fully saturated rings. The number of benzene rings is 2. The van der Waals surface area contributed by atoms with Crippen LogP contribution in [0.3, 0.4) is 0 Å². The highest BCUT2D eigenvalue weighted by Crippen LogP contribution is 2.39. The largest absolute Gasteiger partial charge is 0.493 e. The number of aryl methyl sites for hydroxylation is 1. The van der Waals surface area contributed by atoms with Gasteiger partial charge in [0.25, 0.3) is 0 Å².